The molecule has 2 aliphatic rings. The van der Waals surface area contributed by atoms with Crippen molar-refractivity contribution in [3.63, 3.8) is 0 Å². The summed E-state index contributed by atoms with van der Waals surface area (Å²) in [5, 5.41) is 11.5. The lowest BCUT2D eigenvalue weighted by Crippen LogP contribution is -2.50. The molecule has 0 spiro atoms. The van der Waals surface area contributed by atoms with E-state index in [0.717, 1.165) is 6.54 Å². The maximum Gasteiger partial charge on any atom is 0.249 e. The van der Waals surface area contributed by atoms with Crippen molar-refractivity contribution in [1.29, 1.82) is 0 Å². The molecule has 15 heteroatoms. The number of likely N-dealkylation sites (tertiary alicyclic amines) is 1. The zero-order chi connectivity index (χ0) is 30.5. The molecule has 1 N–H and O–H groups in total. The van der Waals surface area contributed by atoms with E-state index < -0.39 is 17.2 Å². The Hall–Kier alpha value is -3.71. The fraction of sp³-hybridized carbons (Fsp3) is 0.429. The number of carbonyl (C=O) groups is 1. The van der Waals surface area contributed by atoms with Gasteiger partial charge in [-0.25, -0.2) is 13.3 Å². The van der Waals surface area contributed by atoms with Crippen LogP contribution in [0.15, 0.2) is 36.9 Å². The van der Waals surface area contributed by atoms with E-state index in [1.807, 2.05) is 41.7 Å². The van der Waals surface area contributed by atoms with Crippen LogP contribution in [0.5, 0.6) is 5.88 Å². The second-order valence-electron chi connectivity index (χ2n) is 12.6. The Morgan fingerprint density at radius 3 is 2.67 bits per heavy atom. The van der Waals surface area contributed by atoms with Gasteiger partial charge in [-0.3, -0.25) is 9.48 Å². The number of benzene rings is 1. The number of alkyl halides is 1. The molecule has 0 bridgehead atoms. The zero-order valence-corrected chi connectivity index (χ0v) is 25.1. The normalized spacial score (nSPS) is 21.3. The summed E-state index contributed by atoms with van der Waals surface area (Å²) in [4.78, 5) is 19.8. The van der Waals surface area contributed by atoms with Crippen molar-refractivity contribution in [2.75, 3.05) is 33.4 Å². The number of fused-ring (bicyclic) bond motifs is 1. The highest BCUT2D eigenvalue weighted by Crippen LogP contribution is 2.36. The third kappa shape index (κ3) is 6.05. The molecule has 0 radical (unpaired) electrons. The van der Waals surface area contributed by atoms with Crippen molar-refractivity contribution in [3.8, 4) is 28.1 Å². The van der Waals surface area contributed by atoms with Crippen LogP contribution in [0.25, 0.3) is 27.9 Å². The van der Waals surface area contributed by atoms with Gasteiger partial charge in [0.25, 0.3) is 0 Å². The first-order valence-electron chi connectivity index (χ1n) is 14.6. The number of nitrogens with zero attached hydrogens (tertiary/aromatic N) is 6. The number of aromatic nitrogens is 5. The van der Waals surface area contributed by atoms with Gasteiger partial charge in [0.1, 0.15) is 41.6 Å². The first-order chi connectivity index (χ1) is 20.5. The van der Waals surface area contributed by atoms with E-state index in [0.29, 0.717) is 71.9 Å². The average Bonchev–Trinajstić information content (AvgIpc) is 3.70. The number of piperidine rings is 1. The van der Waals surface area contributed by atoms with Gasteiger partial charge in [-0.05, 0) is 43.3 Å². The minimum absolute atomic E-state index is 0.206. The van der Waals surface area contributed by atoms with Crippen molar-refractivity contribution in [2.45, 2.75) is 43.3 Å². The molecule has 5 heterocycles. The molecule has 0 unspecified atom stereocenters. The highest BCUT2D eigenvalue weighted by Gasteiger charge is 2.30. The number of aryl methyl sites for hydroxylation is 1. The molecule has 2 aliphatic heterocycles. The van der Waals surface area contributed by atoms with Crippen molar-refractivity contribution in [3.05, 3.63) is 53.9 Å². The fourth-order valence-corrected chi connectivity index (χ4v) is 5.65. The Kier molecular flexibility index (Phi) is 7.80. The molecule has 0 aliphatic carbocycles. The van der Waals surface area contributed by atoms with Crippen LogP contribution >= 0.6 is 0 Å². The van der Waals surface area contributed by atoms with Crippen LogP contribution in [0.4, 0.5) is 8.78 Å². The molecule has 3 aromatic heterocycles. The lowest BCUT2D eigenvalue weighted by molar-refractivity contribution is 0.0952. The van der Waals surface area contributed by atoms with Crippen LogP contribution in [0.2, 0.25) is 0 Å². The largest absolute Gasteiger partial charge is 0.471 e. The zero-order valence-electron chi connectivity index (χ0n) is 25.1. The number of halogens is 2. The SMILES string of the molecule is BC(B)(B)NC(=O)c1cc(C)c(F)c(-c2cnn3cc(-c4cnn([C@@H]5CCN(C)C[C@H]5F)c4)c(O[C@H]4CCOC4)nc23)c1. The lowest BCUT2D eigenvalue weighted by Gasteiger charge is -2.32. The molecule has 2 saturated heterocycles. The van der Waals surface area contributed by atoms with Crippen LogP contribution in [0.3, 0.4) is 0 Å². The lowest BCUT2D eigenvalue weighted by atomic mass is 9.49. The van der Waals surface area contributed by atoms with Crippen LogP contribution in [-0.2, 0) is 4.74 Å². The van der Waals surface area contributed by atoms with Gasteiger partial charge in [-0.2, -0.15) is 15.2 Å². The van der Waals surface area contributed by atoms with Gasteiger partial charge >= 0.3 is 0 Å². The summed E-state index contributed by atoms with van der Waals surface area (Å²) in [5.41, 5.74) is 3.01. The number of nitrogens with one attached hydrogen (secondary N) is 1. The van der Waals surface area contributed by atoms with Gasteiger partial charge in [0, 0.05) is 54.2 Å². The van der Waals surface area contributed by atoms with Crippen molar-refractivity contribution < 1.29 is 23.0 Å². The minimum atomic E-state index is -1.04. The maximum absolute atomic E-state index is 15.6. The predicted molar refractivity (Wildman–Crippen MR) is 166 cm³/mol. The minimum Gasteiger partial charge on any atom is -0.471 e. The molecule has 6 rings (SSSR count). The third-order valence-electron chi connectivity index (χ3n) is 7.88. The van der Waals surface area contributed by atoms with Crippen molar-refractivity contribution >= 4 is 35.1 Å². The van der Waals surface area contributed by atoms with E-state index in [1.165, 1.54) is 18.3 Å². The van der Waals surface area contributed by atoms with E-state index in [2.05, 4.69) is 15.5 Å². The van der Waals surface area contributed by atoms with Crippen molar-refractivity contribution in [2.24, 2.45) is 0 Å². The van der Waals surface area contributed by atoms with Crippen LogP contribution in [0, 0.1) is 12.7 Å². The highest BCUT2D eigenvalue weighted by molar-refractivity contribution is 6.60. The Morgan fingerprint density at radius 2 is 1.95 bits per heavy atom. The van der Waals surface area contributed by atoms with E-state index in [4.69, 9.17) is 14.5 Å². The molecule has 2 fully saturated rings. The van der Waals surface area contributed by atoms with E-state index in [-0.39, 0.29) is 23.6 Å². The summed E-state index contributed by atoms with van der Waals surface area (Å²) in [5.74, 6) is -0.436. The monoisotopic (exact) mass is 587 g/mol. The molecular weight excluding hydrogens is 553 g/mol. The predicted octanol–water partition coefficient (Wildman–Crippen LogP) is 0.330. The van der Waals surface area contributed by atoms with Gasteiger partial charge in [0.05, 0.1) is 37.2 Å². The fourth-order valence-electron chi connectivity index (χ4n) is 5.65. The van der Waals surface area contributed by atoms with E-state index in [9.17, 15) is 9.18 Å². The Morgan fingerprint density at radius 1 is 1.14 bits per heavy atom. The number of carbonyl (C=O) groups excluding carboxylic acids is 1. The quantitative estimate of drug-likeness (QED) is 0.312. The topological polar surface area (TPSA) is 98.8 Å². The average molecular weight is 587 g/mol. The van der Waals surface area contributed by atoms with Crippen LogP contribution in [0.1, 0.15) is 34.8 Å². The standard InChI is InChI=1S/C28H34B3F2N7O3/c1-15-7-16(26(41)37-28(29,30)31)8-19(24(15)33)20-10-35-40-12-21(27(36-25(20)40)43-18-4-6-42-14-18)17-9-34-39(11-17)23-3-5-38(2)13-22(23)32/h7-12,18,22-23H,3-6,13-14,29-31H2,1-2H3,(H,37,41)/t18-,22+,23+/m0/s1. The summed E-state index contributed by atoms with van der Waals surface area (Å²) in [6.07, 6.45) is 6.91. The molecule has 4 aromatic rings. The first kappa shape index (κ1) is 29.4. The molecule has 10 nitrogen and oxygen atoms in total. The summed E-state index contributed by atoms with van der Waals surface area (Å²) in [6, 6.07) is 2.70. The number of rotatable bonds is 7. The van der Waals surface area contributed by atoms with Gasteiger partial charge in [-0.15, -0.1) is 0 Å². The van der Waals surface area contributed by atoms with E-state index in [1.54, 1.807) is 28.5 Å². The smallest absolute Gasteiger partial charge is 0.249 e. The Balaban J connectivity index is 1.42. The molecule has 3 atom stereocenters. The maximum atomic E-state index is 15.6. The molecule has 43 heavy (non-hydrogen) atoms. The highest BCUT2D eigenvalue weighted by atomic mass is 19.1. The molecule has 1 aromatic carbocycles. The van der Waals surface area contributed by atoms with Gasteiger partial charge in [-0.1, -0.05) is 0 Å². The number of hydrogen-bond donors (Lipinski definition) is 1. The number of hydrogen-bond acceptors (Lipinski definition) is 7. The summed E-state index contributed by atoms with van der Waals surface area (Å²) >= 11 is 0. The van der Waals surface area contributed by atoms with Gasteiger partial charge in [0.15, 0.2) is 5.65 Å². The van der Waals surface area contributed by atoms with Gasteiger partial charge in [0.2, 0.25) is 11.8 Å². The second kappa shape index (κ2) is 11.4. The molecule has 1 amide bonds. The Bertz CT molecular complexity index is 1670. The molecule has 0 saturated carbocycles. The van der Waals surface area contributed by atoms with E-state index >= 15 is 4.39 Å². The van der Waals surface area contributed by atoms with Crippen LogP contribution in [-0.4, -0.2) is 110 Å². The summed E-state index contributed by atoms with van der Waals surface area (Å²) in [7, 11) is 7.58. The van der Waals surface area contributed by atoms with Crippen molar-refractivity contribution in [1.82, 2.24) is 34.6 Å². The summed E-state index contributed by atoms with van der Waals surface area (Å²) < 4.78 is 45.6. The summed E-state index contributed by atoms with van der Waals surface area (Å²) in [6.45, 7) is 3.78. The second-order valence-corrected chi connectivity index (χ2v) is 12.6. The van der Waals surface area contributed by atoms with Gasteiger partial charge < -0.3 is 19.7 Å². The molecule has 222 valence electrons. The first-order valence-corrected chi connectivity index (χ1v) is 14.6. The third-order valence-corrected chi connectivity index (χ3v) is 7.88. The number of ether oxygens (including phenoxy) is 2. The Labute approximate surface area is 251 Å². The molecular formula is C28H34B3F2N7O3. The number of amides is 1. The van der Waals surface area contributed by atoms with Crippen LogP contribution < -0.4 is 10.1 Å².